The smallest absolute Gasteiger partial charge is 0.357 e. The molecule has 4 aromatic heterocycles. The molecule has 0 fully saturated rings. The van der Waals surface area contributed by atoms with Gasteiger partial charge in [-0.1, -0.05) is 72.8 Å². The van der Waals surface area contributed by atoms with Crippen LogP contribution in [0.25, 0.3) is 74.5 Å². The minimum absolute atomic E-state index is 0.192. The molecule has 4 heterocycles. The average Bonchev–Trinajstić information content (AvgIpc) is 3.85. The van der Waals surface area contributed by atoms with E-state index in [0.717, 1.165) is 30.6 Å². The zero-order chi connectivity index (χ0) is 29.6. The van der Waals surface area contributed by atoms with E-state index in [1.54, 1.807) is 29.6 Å². The molecule has 0 aliphatic rings. The Labute approximate surface area is 260 Å². The van der Waals surface area contributed by atoms with Gasteiger partial charge in [0.1, 0.15) is 11.2 Å². The quantitative estimate of drug-likeness (QED) is 0.175. The van der Waals surface area contributed by atoms with Gasteiger partial charge in [-0.2, -0.15) is 0 Å². The van der Waals surface area contributed by atoms with Crippen molar-refractivity contribution in [2.75, 3.05) is 6.61 Å². The van der Waals surface area contributed by atoms with Crippen molar-refractivity contribution in [2.45, 2.75) is 6.92 Å². The minimum atomic E-state index is -0.513. The summed E-state index contributed by atoms with van der Waals surface area (Å²) in [6, 6.07) is 37.5. The summed E-state index contributed by atoms with van der Waals surface area (Å²) in [5.74, 6) is -0.513. The molecule has 0 aliphatic carbocycles. The first kappa shape index (κ1) is 26.4. The Kier molecular flexibility index (Phi) is 6.51. The topological polar surface area (TPSA) is 78.1 Å². The van der Waals surface area contributed by atoms with Crippen LogP contribution in [-0.2, 0) is 4.74 Å². The molecule has 8 heteroatoms. The van der Waals surface area contributed by atoms with Crippen molar-refractivity contribution in [3.8, 4) is 41.9 Å². The summed E-state index contributed by atoms with van der Waals surface area (Å²) in [6.45, 7) is 2.01. The van der Waals surface area contributed by atoms with Gasteiger partial charge in [-0.3, -0.25) is 0 Å². The standard InChI is InChI=1S/C36H23N3O3S2/c1-2-41-36(40)34-31(29-17-15-27(43-29)25-13-11-21-7-3-5-9-23(21)19-25)33-35(39-42-38-33)32(37-34)30-18-16-28(44-30)26-14-12-22-8-4-6-10-24(22)20-26/h3-20H,2H2,1H3. The number of thiophene rings is 2. The van der Waals surface area contributed by atoms with Gasteiger partial charge in [-0.25, -0.2) is 14.4 Å². The predicted molar refractivity (Wildman–Crippen MR) is 178 cm³/mol. The number of hydrogen-bond donors (Lipinski definition) is 0. The number of carbonyl (C=O) groups is 1. The van der Waals surface area contributed by atoms with Crippen molar-refractivity contribution < 1.29 is 14.2 Å². The van der Waals surface area contributed by atoms with Gasteiger partial charge in [0.25, 0.3) is 0 Å². The molecule has 44 heavy (non-hydrogen) atoms. The van der Waals surface area contributed by atoms with E-state index in [0.29, 0.717) is 22.3 Å². The number of aromatic nitrogens is 3. The number of nitrogens with zero attached hydrogens (tertiary/aromatic N) is 3. The third kappa shape index (κ3) is 4.56. The lowest BCUT2D eigenvalue weighted by Gasteiger charge is -2.09. The molecule has 0 aliphatic heterocycles. The zero-order valence-corrected chi connectivity index (χ0v) is 25.1. The second-order valence-electron chi connectivity index (χ2n) is 10.3. The molecule has 0 amide bonds. The van der Waals surface area contributed by atoms with Crippen molar-refractivity contribution in [1.29, 1.82) is 0 Å². The largest absolute Gasteiger partial charge is 0.461 e. The van der Waals surface area contributed by atoms with Gasteiger partial charge in [-0.15, -0.1) is 22.7 Å². The normalized spacial score (nSPS) is 11.5. The third-order valence-electron chi connectivity index (χ3n) is 7.64. The molecule has 8 rings (SSSR count). The lowest BCUT2D eigenvalue weighted by atomic mass is 10.1. The number of rotatable bonds is 6. The molecule has 0 N–H and O–H groups in total. The molecule has 212 valence electrons. The SMILES string of the molecule is CCOC(=O)c1nc(-c2ccc(-c3ccc4ccccc4c3)s2)c2nonc2c1-c1ccc(-c2ccc3ccccc3c2)s1. The van der Waals surface area contributed by atoms with Crippen LogP contribution in [0.15, 0.2) is 114 Å². The first-order valence-electron chi connectivity index (χ1n) is 14.2. The highest BCUT2D eigenvalue weighted by molar-refractivity contribution is 7.19. The van der Waals surface area contributed by atoms with Crippen molar-refractivity contribution in [3.63, 3.8) is 0 Å². The molecule has 0 atom stereocenters. The average molecular weight is 610 g/mol. The minimum Gasteiger partial charge on any atom is -0.461 e. The van der Waals surface area contributed by atoms with Crippen LogP contribution < -0.4 is 0 Å². The summed E-state index contributed by atoms with van der Waals surface area (Å²) in [4.78, 5) is 22.1. The lowest BCUT2D eigenvalue weighted by Crippen LogP contribution is -2.10. The van der Waals surface area contributed by atoms with E-state index >= 15 is 0 Å². The molecule has 0 spiro atoms. The van der Waals surface area contributed by atoms with Crippen molar-refractivity contribution in [3.05, 3.63) is 115 Å². The molecule has 8 aromatic rings. The molecule has 0 saturated carbocycles. The van der Waals surface area contributed by atoms with Crippen molar-refractivity contribution in [2.24, 2.45) is 0 Å². The van der Waals surface area contributed by atoms with E-state index in [4.69, 9.17) is 14.3 Å². The number of esters is 1. The van der Waals surface area contributed by atoms with E-state index in [9.17, 15) is 4.79 Å². The second kappa shape index (κ2) is 10.8. The molecule has 4 aromatic carbocycles. The van der Waals surface area contributed by atoms with Crippen LogP contribution in [0.2, 0.25) is 0 Å². The number of pyridine rings is 1. The third-order valence-corrected chi connectivity index (χ3v) is 9.93. The molecular formula is C36H23N3O3S2. The Morgan fingerprint density at radius 2 is 1.20 bits per heavy atom. The maximum atomic E-state index is 13.4. The second-order valence-corrected chi connectivity index (χ2v) is 12.5. The Bertz CT molecular complexity index is 2350. The monoisotopic (exact) mass is 609 g/mol. The molecular weight excluding hydrogens is 587 g/mol. The zero-order valence-electron chi connectivity index (χ0n) is 23.5. The van der Waals surface area contributed by atoms with Crippen LogP contribution in [0.4, 0.5) is 0 Å². The highest BCUT2D eigenvalue weighted by atomic mass is 32.1. The van der Waals surface area contributed by atoms with Gasteiger partial charge in [0.15, 0.2) is 11.2 Å². The summed E-state index contributed by atoms with van der Waals surface area (Å²) in [5, 5.41) is 13.3. The number of carbonyl (C=O) groups excluding carboxylic acids is 1. The molecule has 0 saturated heterocycles. The molecule has 0 bridgehead atoms. The summed E-state index contributed by atoms with van der Waals surface area (Å²) in [7, 11) is 0. The van der Waals surface area contributed by atoms with Gasteiger partial charge in [0, 0.05) is 14.6 Å². The van der Waals surface area contributed by atoms with Crippen molar-refractivity contribution >= 4 is 61.2 Å². The predicted octanol–water partition coefficient (Wildman–Crippen LogP) is 9.89. The number of benzene rings is 4. The summed E-state index contributed by atoms with van der Waals surface area (Å²) in [6.07, 6.45) is 0. The Hall–Kier alpha value is -5.18. The number of hydrogen-bond acceptors (Lipinski definition) is 8. The fourth-order valence-electron chi connectivity index (χ4n) is 5.53. The Balaban J connectivity index is 1.24. The summed E-state index contributed by atoms with van der Waals surface area (Å²) in [5.41, 5.74) is 4.47. The van der Waals surface area contributed by atoms with Crippen molar-refractivity contribution in [1.82, 2.24) is 15.3 Å². The van der Waals surface area contributed by atoms with Crippen LogP contribution in [0, 0.1) is 0 Å². The molecule has 6 nitrogen and oxygen atoms in total. The molecule has 0 unspecified atom stereocenters. The van der Waals surface area contributed by atoms with E-state index in [1.165, 1.54) is 21.5 Å². The van der Waals surface area contributed by atoms with Gasteiger partial charge < -0.3 is 4.74 Å². The van der Waals surface area contributed by atoms with Gasteiger partial charge >= 0.3 is 5.97 Å². The fraction of sp³-hybridized carbons (Fsp3) is 0.0556. The van der Waals surface area contributed by atoms with Crippen LogP contribution >= 0.6 is 22.7 Å². The van der Waals surface area contributed by atoms with E-state index < -0.39 is 5.97 Å². The summed E-state index contributed by atoms with van der Waals surface area (Å²) >= 11 is 3.15. The van der Waals surface area contributed by atoms with E-state index in [2.05, 4.69) is 83.1 Å². The Morgan fingerprint density at radius 1 is 0.659 bits per heavy atom. The highest BCUT2D eigenvalue weighted by Crippen LogP contribution is 2.43. The van der Waals surface area contributed by atoms with Gasteiger partial charge in [0.2, 0.25) is 0 Å². The number of ether oxygens (including phenoxy) is 1. The van der Waals surface area contributed by atoms with E-state index in [-0.39, 0.29) is 12.3 Å². The fourth-order valence-corrected chi connectivity index (χ4v) is 7.57. The number of fused-ring (bicyclic) bond motifs is 3. The van der Waals surface area contributed by atoms with Crippen LogP contribution in [0.1, 0.15) is 17.4 Å². The Morgan fingerprint density at radius 3 is 1.84 bits per heavy atom. The molecule has 0 radical (unpaired) electrons. The van der Waals surface area contributed by atoms with Crippen LogP contribution in [-0.4, -0.2) is 27.9 Å². The highest BCUT2D eigenvalue weighted by Gasteiger charge is 2.27. The van der Waals surface area contributed by atoms with Crippen LogP contribution in [0.3, 0.4) is 0 Å². The van der Waals surface area contributed by atoms with Crippen LogP contribution in [0.5, 0.6) is 0 Å². The first-order valence-corrected chi connectivity index (χ1v) is 15.8. The van der Waals surface area contributed by atoms with Gasteiger partial charge in [-0.05, 0) is 86.3 Å². The van der Waals surface area contributed by atoms with E-state index in [1.807, 2.05) is 36.4 Å². The lowest BCUT2D eigenvalue weighted by molar-refractivity contribution is 0.0521. The maximum absolute atomic E-state index is 13.4. The maximum Gasteiger partial charge on any atom is 0.357 e. The van der Waals surface area contributed by atoms with Gasteiger partial charge in [0.05, 0.1) is 17.0 Å². The first-order chi connectivity index (χ1) is 21.7. The summed E-state index contributed by atoms with van der Waals surface area (Å²) < 4.78 is 10.8.